The predicted octanol–water partition coefficient (Wildman–Crippen LogP) is 3.22. The molecule has 0 N–H and O–H groups in total. The number of carbonyl (C=O) groups excluding carboxylic acids is 1. The number of carbonyl (C=O) groups is 1. The number of ether oxygens (including phenoxy) is 2. The maximum atomic E-state index is 13.7. The minimum Gasteiger partial charge on any atom is -0.486 e. The summed E-state index contributed by atoms with van der Waals surface area (Å²) in [5.41, 5.74) is 2.17. The molecule has 0 amide bonds. The lowest BCUT2D eigenvalue weighted by Gasteiger charge is -2.27. The van der Waals surface area contributed by atoms with Crippen molar-refractivity contribution >= 4 is 11.7 Å². The summed E-state index contributed by atoms with van der Waals surface area (Å²) in [6.45, 7) is 4.94. The maximum Gasteiger partial charge on any atom is 0.352 e. The number of esters is 1. The standard InChI is InChI=1S/C19H20F2N2O3/c1-3-23-10-12(11-26-18-6-5-13(20)7-15(18)21)14-9-22-16(8-17(14)23)19(24)25-4-2/h5-7,9-10,17H,3-4,8,11H2,1-2H3. The fraction of sp³-hybridized carbons (Fsp3) is 0.368. The van der Waals surface area contributed by atoms with Gasteiger partial charge in [-0.1, -0.05) is 0 Å². The molecule has 0 spiro atoms. The quantitative estimate of drug-likeness (QED) is 0.729. The molecule has 1 aromatic carbocycles. The fourth-order valence-corrected chi connectivity index (χ4v) is 3.07. The monoisotopic (exact) mass is 362 g/mol. The van der Waals surface area contributed by atoms with Crippen molar-refractivity contribution in [1.29, 1.82) is 0 Å². The van der Waals surface area contributed by atoms with E-state index in [1.165, 1.54) is 6.07 Å². The van der Waals surface area contributed by atoms with E-state index in [2.05, 4.69) is 9.89 Å². The molecule has 1 atom stereocenters. The molecule has 2 aliphatic heterocycles. The minimum atomic E-state index is -0.743. The zero-order valence-corrected chi connectivity index (χ0v) is 14.7. The van der Waals surface area contributed by atoms with Crippen LogP contribution in [0.4, 0.5) is 8.78 Å². The summed E-state index contributed by atoms with van der Waals surface area (Å²) in [6, 6.07) is 3.18. The molecule has 0 aromatic heterocycles. The second-order valence-corrected chi connectivity index (χ2v) is 5.95. The first kappa shape index (κ1) is 18.1. The molecule has 0 fully saturated rings. The molecule has 2 heterocycles. The third-order valence-corrected chi connectivity index (χ3v) is 4.35. The molecule has 0 radical (unpaired) electrons. The van der Waals surface area contributed by atoms with E-state index in [1.807, 2.05) is 13.1 Å². The normalized spacial score (nSPS) is 18.7. The van der Waals surface area contributed by atoms with E-state index < -0.39 is 17.6 Å². The Morgan fingerprint density at radius 1 is 1.35 bits per heavy atom. The van der Waals surface area contributed by atoms with Crippen molar-refractivity contribution in [1.82, 2.24) is 4.90 Å². The van der Waals surface area contributed by atoms with Crippen molar-refractivity contribution in [3.8, 4) is 5.75 Å². The highest BCUT2D eigenvalue weighted by Crippen LogP contribution is 2.33. The van der Waals surface area contributed by atoms with E-state index >= 15 is 0 Å². The molecule has 1 aromatic rings. The van der Waals surface area contributed by atoms with Gasteiger partial charge >= 0.3 is 5.97 Å². The van der Waals surface area contributed by atoms with Crippen molar-refractivity contribution in [3.05, 3.63) is 53.4 Å². The van der Waals surface area contributed by atoms with Crippen LogP contribution in [0.5, 0.6) is 5.75 Å². The highest BCUT2D eigenvalue weighted by Gasteiger charge is 2.34. The van der Waals surface area contributed by atoms with Crippen molar-refractivity contribution in [3.63, 3.8) is 0 Å². The van der Waals surface area contributed by atoms with Gasteiger partial charge in [-0.15, -0.1) is 0 Å². The molecule has 1 unspecified atom stereocenters. The molecule has 7 heteroatoms. The van der Waals surface area contributed by atoms with Crippen LogP contribution in [-0.4, -0.2) is 42.4 Å². The van der Waals surface area contributed by atoms with Crippen LogP contribution in [0.2, 0.25) is 0 Å². The second-order valence-electron chi connectivity index (χ2n) is 5.95. The van der Waals surface area contributed by atoms with Gasteiger partial charge in [0.05, 0.1) is 12.6 Å². The van der Waals surface area contributed by atoms with Crippen molar-refractivity contribution in [2.45, 2.75) is 26.3 Å². The topological polar surface area (TPSA) is 51.1 Å². The van der Waals surface area contributed by atoms with Crippen molar-refractivity contribution in [2.75, 3.05) is 19.8 Å². The molecular formula is C19H20F2N2O3. The van der Waals surface area contributed by atoms with Gasteiger partial charge in [0, 0.05) is 42.6 Å². The summed E-state index contributed by atoms with van der Waals surface area (Å²) in [6.07, 6.45) is 4.03. The first-order chi connectivity index (χ1) is 12.5. The molecule has 26 heavy (non-hydrogen) atoms. The van der Waals surface area contributed by atoms with Gasteiger partial charge in [-0.25, -0.2) is 13.6 Å². The summed E-state index contributed by atoms with van der Waals surface area (Å²) in [4.78, 5) is 18.2. The van der Waals surface area contributed by atoms with Crippen molar-refractivity contribution in [2.24, 2.45) is 4.99 Å². The Bertz CT molecular complexity index is 802. The zero-order valence-electron chi connectivity index (χ0n) is 14.7. The SMILES string of the molecule is CCOC(=O)C1=NC=C2C(COc3ccc(F)cc3F)=CN(CC)C2C1. The molecule has 5 nitrogen and oxygen atoms in total. The number of halogens is 2. The number of fused-ring (bicyclic) bond motifs is 1. The number of nitrogens with zero attached hydrogens (tertiary/aromatic N) is 2. The lowest BCUT2D eigenvalue weighted by molar-refractivity contribution is -0.135. The number of benzene rings is 1. The number of rotatable bonds is 6. The maximum absolute atomic E-state index is 13.7. The first-order valence-electron chi connectivity index (χ1n) is 8.52. The lowest BCUT2D eigenvalue weighted by atomic mass is 9.96. The fourth-order valence-electron chi connectivity index (χ4n) is 3.07. The highest BCUT2D eigenvalue weighted by molar-refractivity contribution is 6.37. The average molecular weight is 362 g/mol. The highest BCUT2D eigenvalue weighted by atomic mass is 19.1. The van der Waals surface area contributed by atoms with Gasteiger partial charge < -0.3 is 14.4 Å². The Morgan fingerprint density at radius 2 is 2.15 bits per heavy atom. The smallest absolute Gasteiger partial charge is 0.352 e. The van der Waals surface area contributed by atoms with Gasteiger partial charge in [-0.2, -0.15) is 0 Å². The van der Waals surface area contributed by atoms with Gasteiger partial charge in [-0.3, -0.25) is 4.99 Å². The van der Waals surface area contributed by atoms with E-state index in [0.717, 1.165) is 29.8 Å². The second kappa shape index (κ2) is 7.68. The van der Waals surface area contributed by atoms with Crippen LogP contribution >= 0.6 is 0 Å². The summed E-state index contributed by atoms with van der Waals surface area (Å²) in [5.74, 6) is -1.81. The van der Waals surface area contributed by atoms with Crippen molar-refractivity contribution < 1.29 is 23.0 Å². The summed E-state index contributed by atoms with van der Waals surface area (Å²) in [5, 5.41) is 0. The molecule has 0 bridgehead atoms. The van der Waals surface area contributed by atoms with Crippen LogP contribution in [0.3, 0.4) is 0 Å². The average Bonchev–Trinajstić information content (AvgIpc) is 2.98. The van der Waals surface area contributed by atoms with E-state index in [1.54, 1.807) is 13.1 Å². The lowest BCUT2D eigenvalue weighted by Crippen LogP contribution is -2.35. The van der Waals surface area contributed by atoms with Gasteiger partial charge in [-0.05, 0) is 26.0 Å². The third-order valence-electron chi connectivity index (χ3n) is 4.35. The van der Waals surface area contributed by atoms with Gasteiger partial charge in [0.25, 0.3) is 0 Å². The molecule has 2 aliphatic rings. The zero-order chi connectivity index (χ0) is 18.7. The van der Waals surface area contributed by atoms with E-state index in [4.69, 9.17) is 9.47 Å². The van der Waals surface area contributed by atoms with Gasteiger partial charge in [0.1, 0.15) is 18.1 Å². The van der Waals surface area contributed by atoms with Crippen LogP contribution < -0.4 is 4.74 Å². The number of hydrogen-bond acceptors (Lipinski definition) is 5. The first-order valence-corrected chi connectivity index (χ1v) is 8.52. The number of likely N-dealkylation sites (N-methyl/N-ethyl adjacent to an activating group) is 1. The third kappa shape index (κ3) is 3.61. The Kier molecular flexibility index (Phi) is 5.35. The van der Waals surface area contributed by atoms with Crippen LogP contribution in [0, 0.1) is 11.6 Å². The van der Waals surface area contributed by atoms with E-state index in [9.17, 15) is 13.6 Å². The van der Waals surface area contributed by atoms with Crippen LogP contribution in [0.15, 0.2) is 46.7 Å². The van der Waals surface area contributed by atoms with Gasteiger partial charge in [0.2, 0.25) is 0 Å². The summed E-state index contributed by atoms with van der Waals surface area (Å²) < 4.78 is 37.3. The summed E-state index contributed by atoms with van der Waals surface area (Å²) >= 11 is 0. The molecular weight excluding hydrogens is 342 g/mol. The van der Waals surface area contributed by atoms with Crippen LogP contribution in [-0.2, 0) is 9.53 Å². The predicted molar refractivity (Wildman–Crippen MR) is 92.9 cm³/mol. The molecule has 138 valence electrons. The Morgan fingerprint density at radius 3 is 2.85 bits per heavy atom. The Hall–Kier alpha value is -2.70. The van der Waals surface area contributed by atoms with Gasteiger partial charge in [0.15, 0.2) is 11.6 Å². The summed E-state index contributed by atoms with van der Waals surface area (Å²) in [7, 11) is 0. The largest absolute Gasteiger partial charge is 0.486 e. The van der Waals surface area contributed by atoms with E-state index in [0.29, 0.717) is 18.7 Å². The van der Waals surface area contributed by atoms with E-state index in [-0.39, 0.29) is 18.4 Å². The molecule has 3 rings (SSSR count). The minimum absolute atomic E-state index is 0.00841. The molecule has 0 aliphatic carbocycles. The Balaban J connectivity index is 1.76. The Labute approximate surface area is 150 Å². The molecule has 0 saturated heterocycles. The number of hydrogen-bond donors (Lipinski definition) is 0. The van der Waals surface area contributed by atoms with Crippen LogP contribution in [0.1, 0.15) is 20.3 Å². The number of aliphatic imine (C=N–C) groups is 1. The molecule has 0 saturated carbocycles. The van der Waals surface area contributed by atoms with Crippen LogP contribution in [0.25, 0.3) is 0 Å².